The van der Waals surface area contributed by atoms with E-state index < -0.39 is 17.7 Å². The van der Waals surface area contributed by atoms with Crippen LogP contribution in [-0.4, -0.2) is 42.6 Å². The summed E-state index contributed by atoms with van der Waals surface area (Å²) in [6.45, 7) is 0. The van der Waals surface area contributed by atoms with Gasteiger partial charge in [-0.15, -0.1) is 0 Å². The van der Waals surface area contributed by atoms with Gasteiger partial charge in [-0.2, -0.15) is 28.6 Å². The minimum absolute atomic E-state index is 0.00124. The van der Waals surface area contributed by atoms with Gasteiger partial charge in [0.1, 0.15) is 0 Å². The van der Waals surface area contributed by atoms with Gasteiger partial charge in [0.2, 0.25) is 5.43 Å². The number of H-pyrrole nitrogens is 2. The highest BCUT2D eigenvalue weighted by atomic mass is 19.4. The van der Waals surface area contributed by atoms with Crippen molar-refractivity contribution in [2.75, 3.05) is 0 Å². The number of halogens is 3. The van der Waals surface area contributed by atoms with Gasteiger partial charge in [0.05, 0.1) is 16.7 Å². The van der Waals surface area contributed by atoms with Crippen LogP contribution in [0.5, 0.6) is 0 Å². The molecule has 0 aliphatic heterocycles. The first-order valence-electron chi connectivity index (χ1n) is 9.88. The molecule has 0 aliphatic carbocycles. The van der Waals surface area contributed by atoms with Crippen LogP contribution in [0.1, 0.15) is 11.3 Å². The Labute approximate surface area is 192 Å². The molecule has 0 bridgehead atoms. The number of carboxylic acid groups (broad SMARTS) is 1. The van der Waals surface area contributed by atoms with E-state index in [-0.39, 0.29) is 16.5 Å². The summed E-state index contributed by atoms with van der Waals surface area (Å²) in [5, 5.41) is 18.5. The van der Waals surface area contributed by atoms with Crippen LogP contribution in [0.15, 0.2) is 64.2 Å². The molecule has 35 heavy (non-hydrogen) atoms. The predicted molar refractivity (Wildman–Crippen MR) is 123 cm³/mol. The van der Waals surface area contributed by atoms with Crippen LogP contribution in [0.3, 0.4) is 0 Å². The zero-order chi connectivity index (χ0) is 25.2. The van der Waals surface area contributed by atoms with Gasteiger partial charge in [0, 0.05) is 10.8 Å². The van der Waals surface area contributed by atoms with Crippen LogP contribution in [0.25, 0.3) is 45.0 Å². The molecule has 0 saturated heterocycles. The lowest BCUT2D eigenvalue weighted by Gasteiger charge is -1.99. The second-order valence-electron chi connectivity index (χ2n) is 7.17. The highest BCUT2D eigenvalue weighted by Crippen LogP contribution is 2.16. The third kappa shape index (κ3) is 5.05. The van der Waals surface area contributed by atoms with Crippen molar-refractivity contribution in [2.45, 2.75) is 6.18 Å². The minimum atomic E-state index is -5.08. The third-order valence-corrected chi connectivity index (χ3v) is 4.82. The Balaban J connectivity index is 0.000000364. The van der Waals surface area contributed by atoms with Crippen LogP contribution in [0, 0.1) is 0 Å². The largest absolute Gasteiger partial charge is 0.490 e. The van der Waals surface area contributed by atoms with Crippen LogP contribution in [0.2, 0.25) is 0 Å². The van der Waals surface area contributed by atoms with Crippen molar-refractivity contribution in [2.24, 2.45) is 0 Å². The van der Waals surface area contributed by atoms with Gasteiger partial charge in [0.25, 0.3) is 5.56 Å². The Hall–Kier alpha value is -4.87. The van der Waals surface area contributed by atoms with Gasteiger partial charge in [-0.05, 0) is 35.9 Å². The second kappa shape index (κ2) is 9.17. The van der Waals surface area contributed by atoms with Crippen LogP contribution in [-0.2, 0) is 4.79 Å². The smallest absolute Gasteiger partial charge is 0.475 e. The Morgan fingerprint density at radius 3 is 2.40 bits per heavy atom. The van der Waals surface area contributed by atoms with Crippen LogP contribution < -0.4 is 11.0 Å². The lowest BCUT2D eigenvalue weighted by Crippen LogP contribution is -2.21. The lowest BCUT2D eigenvalue weighted by atomic mass is 10.1. The normalized spacial score (nSPS) is 11.6. The molecule has 0 unspecified atom stereocenters. The van der Waals surface area contributed by atoms with E-state index in [0.29, 0.717) is 10.9 Å². The average molecular weight is 481 g/mol. The summed E-state index contributed by atoms with van der Waals surface area (Å²) in [7, 11) is 0. The van der Waals surface area contributed by atoms with Gasteiger partial charge in [-0.25, -0.2) is 9.78 Å². The molecular formula is C23H14F3N5O4. The summed E-state index contributed by atoms with van der Waals surface area (Å²) in [6.07, 6.45) is -1.31. The fourth-order valence-electron chi connectivity index (χ4n) is 3.18. The minimum Gasteiger partial charge on any atom is -0.475 e. The number of nitrogens with one attached hydrogen (secondary N) is 2. The zero-order valence-corrected chi connectivity index (χ0v) is 17.5. The van der Waals surface area contributed by atoms with Crippen molar-refractivity contribution in [1.29, 1.82) is 0 Å². The molecule has 2 aromatic carbocycles. The number of carbonyl (C=O) groups is 1. The first-order chi connectivity index (χ1) is 16.6. The van der Waals surface area contributed by atoms with E-state index in [2.05, 4.69) is 25.4 Å². The first kappa shape index (κ1) is 23.3. The van der Waals surface area contributed by atoms with Crippen molar-refractivity contribution in [3.63, 3.8) is 0 Å². The molecule has 5 aromatic rings. The summed E-state index contributed by atoms with van der Waals surface area (Å²) >= 11 is 0. The maximum absolute atomic E-state index is 12.6. The van der Waals surface area contributed by atoms with Gasteiger partial charge in [-0.3, -0.25) is 9.59 Å². The Morgan fingerprint density at radius 2 is 1.66 bits per heavy atom. The monoisotopic (exact) mass is 481 g/mol. The zero-order valence-electron chi connectivity index (χ0n) is 17.5. The lowest BCUT2D eigenvalue weighted by molar-refractivity contribution is -0.192. The SMILES string of the molecule is O=C(O)C(F)(F)F.O=c1[nH]c2cc(/C=C/c3ccc4ccccc4n3)ccc2c(=O)c2n[nH]nc12. The number of aromatic amines is 2. The molecule has 3 aromatic heterocycles. The summed E-state index contributed by atoms with van der Waals surface area (Å²) in [4.78, 5) is 41.1. The molecule has 0 fully saturated rings. The average Bonchev–Trinajstić information content (AvgIpc) is 3.29. The van der Waals surface area contributed by atoms with Crippen LogP contribution in [0.4, 0.5) is 13.2 Å². The van der Waals surface area contributed by atoms with Crippen molar-refractivity contribution in [1.82, 2.24) is 25.4 Å². The second-order valence-corrected chi connectivity index (χ2v) is 7.17. The molecule has 176 valence electrons. The number of aliphatic carboxylic acids is 1. The first-order valence-corrected chi connectivity index (χ1v) is 9.88. The predicted octanol–water partition coefficient (Wildman–Crippen LogP) is 3.51. The van der Waals surface area contributed by atoms with Crippen molar-refractivity contribution in [3.8, 4) is 0 Å². The quantitative estimate of drug-likeness (QED) is 0.350. The number of para-hydroxylation sites is 1. The topological polar surface area (TPSA) is 142 Å². The highest BCUT2D eigenvalue weighted by Gasteiger charge is 2.38. The van der Waals surface area contributed by atoms with Crippen molar-refractivity contribution >= 4 is 51.0 Å². The number of benzene rings is 2. The number of nitrogens with zero attached hydrogens (tertiary/aromatic N) is 3. The molecule has 0 aliphatic rings. The number of aromatic nitrogens is 5. The van der Waals surface area contributed by atoms with Crippen molar-refractivity contribution < 1.29 is 23.1 Å². The van der Waals surface area contributed by atoms with E-state index in [0.717, 1.165) is 22.2 Å². The molecule has 12 heteroatoms. The van der Waals surface area contributed by atoms with Gasteiger partial charge >= 0.3 is 12.1 Å². The molecule has 0 spiro atoms. The van der Waals surface area contributed by atoms with E-state index >= 15 is 0 Å². The summed E-state index contributed by atoms with van der Waals surface area (Å²) in [5.41, 5.74) is 2.22. The number of carboxylic acids is 1. The maximum atomic E-state index is 12.6. The number of hydrogen-bond donors (Lipinski definition) is 3. The molecule has 0 radical (unpaired) electrons. The van der Waals surface area contributed by atoms with Gasteiger partial charge in [-0.1, -0.05) is 36.4 Å². The summed E-state index contributed by atoms with van der Waals surface area (Å²) in [6, 6.07) is 17.1. The number of hydrogen-bond acceptors (Lipinski definition) is 6. The molecular weight excluding hydrogens is 467 g/mol. The maximum Gasteiger partial charge on any atom is 0.490 e. The molecule has 3 heterocycles. The molecule has 0 atom stereocenters. The number of pyridine rings is 1. The number of rotatable bonds is 2. The summed E-state index contributed by atoms with van der Waals surface area (Å²) < 4.78 is 31.7. The Bertz CT molecular complexity index is 1720. The fraction of sp³-hybridized carbons (Fsp3) is 0.0435. The van der Waals surface area contributed by atoms with Gasteiger partial charge < -0.3 is 10.1 Å². The third-order valence-electron chi connectivity index (χ3n) is 4.82. The Morgan fingerprint density at radius 1 is 0.943 bits per heavy atom. The molecule has 3 N–H and O–H groups in total. The van der Waals surface area contributed by atoms with E-state index in [9.17, 15) is 22.8 Å². The number of fused-ring (bicyclic) bond motifs is 3. The van der Waals surface area contributed by atoms with E-state index in [4.69, 9.17) is 9.90 Å². The standard InChI is InChI=1S/C21H13N5O2.C2HF3O2/c27-20-15-10-6-12(11-17(15)23-21(28)19-18(20)24-26-25-19)5-8-14-9-7-13-3-1-2-4-16(13)22-14;3-2(4,5)1(6)7/h1-11H,(H,23,28)(H,24,25,26);(H,6,7)/b8-5+;. The highest BCUT2D eigenvalue weighted by molar-refractivity contribution is 5.88. The van der Waals surface area contributed by atoms with Gasteiger partial charge in [0.15, 0.2) is 11.0 Å². The number of alkyl halides is 3. The van der Waals surface area contributed by atoms with E-state index in [1.807, 2.05) is 54.6 Å². The fourth-order valence-corrected chi connectivity index (χ4v) is 3.18. The van der Waals surface area contributed by atoms with Crippen molar-refractivity contribution in [3.05, 3.63) is 86.4 Å². The van der Waals surface area contributed by atoms with E-state index in [1.54, 1.807) is 12.1 Å². The molecule has 9 nitrogen and oxygen atoms in total. The molecule has 5 rings (SSSR count). The molecule has 0 saturated carbocycles. The van der Waals surface area contributed by atoms with E-state index in [1.165, 1.54) is 0 Å². The summed E-state index contributed by atoms with van der Waals surface area (Å²) in [5.74, 6) is -2.76. The molecule has 0 amide bonds. The van der Waals surface area contributed by atoms with Crippen LogP contribution >= 0.6 is 0 Å². The Kier molecular flexibility index (Phi) is 6.10.